The van der Waals surface area contributed by atoms with Crippen LogP contribution in [-0.2, 0) is 21.5 Å². The van der Waals surface area contributed by atoms with Gasteiger partial charge in [0.25, 0.3) is 11.8 Å². The van der Waals surface area contributed by atoms with Crippen LogP contribution < -0.4 is 5.32 Å². The maximum Gasteiger partial charge on any atom is 0.278 e. The molecule has 34 heavy (non-hydrogen) atoms. The summed E-state index contributed by atoms with van der Waals surface area (Å²) in [5.41, 5.74) is 5.91. The van der Waals surface area contributed by atoms with Gasteiger partial charge in [0.1, 0.15) is 11.5 Å². The molecule has 0 saturated carbocycles. The summed E-state index contributed by atoms with van der Waals surface area (Å²) in [6.07, 6.45) is 0. The van der Waals surface area contributed by atoms with Crippen LogP contribution in [0.15, 0.2) is 72.4 Å². The van der Waals surface area contributed by atoms with E-state index in [0.29, 0.717) is 11.1 Å². The Hall–Kier alpha value is -3.73. The van der Waals surface area contributed by atoms with Crippen LogP contribution >= 0.6 is 0 Å². The van der Waals surface area contributed by atoms with Crippen molar-refractivity contribution in [1.82, 2.24) is 4.90 Å². The molecular formula is C29H29FN2O2. The zero-order chi connectivity index (χ0) is 24.6. The summed E-state index contributed by atoms with van der Waals surface area (Å²) in [7, 11) is 0. The number of amides is 2. The Morgan fingerprint density at radius 3 is 2.09 bits per heavy atom. The van der Waals surface area contributed by atoms with Crippen molar-refractivity contribution in [3.8, 4) is 0 Å². The van der Waals surface area contributed by atoms with E-state index in [2.05, 4.69) is 26.1 Å². The van der Waals surface area contributed by atoms with Crippen molar-refractivity contribution in [2.45, 2.75) is 46.6 Å². The average Bonchev–Trinajstić information content (AvgIpc) is 2.99. The second-order valence-electron chi connectivity index (χ2n) is 9.84. The number of aryl methyl sites for hydroxylation is 2. The van der Waals surface area contributed by atoms with E-state index in [4.69, 9.17) is 0 Å². The molecule has 5 heteroatoms. The van der Waals surface area contributed by atoms with E-state index in [1.165, 1.54) is 22.6 Å². The van der Waals surface area contributed by atoms with Gasteiger partial charge in [-0.25, -0.2) is 4.39 Å². The van der Waals surface area contributed by atoms with Gasteiger partial charge in [-0.05, 0) is 65.8 Å². The van der Waals surface area contributed by atoms with Gasteiger partial charge in [-0.3, -0.25) is 14.5 Å². The number of nitrogens with one attached hydrogen (secondary N) is 1. The van der Waals surface area contributed by atoms with E-state index in [1.54, 1.807) is 12.1 Å². The highest BCUT2D eigenvalue weighted by molar-refractivity contribution is 6.36. The summed E-state index contributed by atoms with van der Waals surface area (Å²) in [6.45, 7) is 10.4. The van der Waals surface area contributed by atoms with Crippen LogP contribution in [-0.4, -0.2) is 16.7 Å². The molecular weight excluding hydrogens is 427 g/mol. The molecule has 0 atom stereocenters. The Morgan fingerprint density at radius 2 is 1.50 bits per heavy atom. The second-order valence-corrected chi connectivity index (χ2v) is 9.84. The fraction of sp³-hybridized carbons (Fsp3) is 0.241. The first-order chi connectivity index (χ1) is 16.0. The van der Waals surface area contributed by atoms with E-state index < -0.39 is 5.91 Å². The molecule has 0 saturated heterocycles. The Morgan fingerprint density at radius 1 is 0.853 bits per heavy atom. The molecule has 1 N–H and O–H groups in total. The molecule has 0 aliphatic carbocycles. The molecule has 0 unspecified atom stereocenters. The minimum absolute atomic E-state index is 0.00701. The highest BCUT2D eigenvalue weighted by Gasteiger charge is 2.39. The SMILES string of the molecule is Cc1ccc(C2=C(Nc3ccc(C(C)(C)C)cc3)C(=O)N(Cc3ccc(F)cc3)C2=O)c(C)c1. The first-order valence-corrected chi connectivity index (χ1v) is 11.3. The van der Waals surface area contributed by atoms with E-state index in [1.807, 2.05) is 56.3 Å². The first kappa shape index (κ1) is 23.4. The van der Waals surface area contributed by atoms with Crippen molar-refractivity contribution in [1.29, 1.82) is 0 Å². The predicted octanol–water partition coefficient (Wildman–Crippen LogP) is 6.13. The molecule has 4 rings (SSSR count). The van der Waals surface area contributed by atoms with Crippen LogP contribution in [0, 0.1) is 19.7 Å². The number of imide groups is 1. The van der Waals surface area contributed by atoms with Crippen molar-refractivity contribution in [2.75, 3.05) is 5.32 Å². The minimum atomic E-state index is -0.399. The van der Waals surface area contributed by atoms with Crippen LogP contribution in [0.1, 0.15) is 48.6 Å². The lowest BCUT2D eigenvalue weighted by Crippen LogP contribution is -2.32. The minimum Gasteiger partial charge on any atom is -0.350 e. The number of carbonyl (C=O) groups excluding carboxylic acids is 2. The van der Waals surface area contributed by atoms with Crippen molar-refractivity contribution in [2.24, 2.45) is 0 Å². The molecule has 2 amide bonds. The molecule has 174 valence electrons. The van der Waals surface area contributed by atoms with Gasteiger partial charge in [-0.15, -0.1) is 0 Å². The van der Waals surface area contributed by atoms with Crippen LogP contribution in [0.2, 0.25) is 0 Å². The summed E-state index contributed by atoms with van der Waals surface area (Å²) >= 11 is 0. The summed E-state index contributed by atoms with van der Waals surface area (Å²) in [4.78, 5) is 28.3. The molecule has 0 radical (unpaired) electrons. The smallest absolute Gasteiger partial charge is 0.278 e. The quantitative estimate of drug-likeness (QED) is 0.470. The van der Waals surface area contributed by atoms with Gasteiger partial charge < -0.3 is 5.32 Å². The van der Waals surface area contributed by atoms with Gasteiger partial charge >= 0.3 is 0 Å². The van der Waals surface area contributed by atoms with Crippen molar-refractivity contribution >= 4 is 23.1 Å². The number of halogens is 1. The standard InChI is InChI=1S/C29H29FN2O2/c1-18-6-15-24(19(2)16-18)25-26(31-23-13-9-21(10-14-23)29(3,4)5)28(34)32(27(25)33)17-20-7-11-22(30)12-8-20/h6-16,31H,17H2,1-5H3. The van der Waals surface area contributed by atoms with E-state index in [-0.39, 0.29) is 29.4 Å². The Bertz CT molecular complexity index is 1280. The van der Waals surface area contributed by atoms with Gasteiger partial charge in [-0.1, -0.05) is 68.8 Å². The number of benzene rings is 3. The molecule has 1 heterocycles. The molecule has 0 fully saturated rings. The lowest BCUT2D eigenvalue weighted by molar-refractivity contribution is -0.137. The second kappa shape index (κ2) is 8.90. The molecule has 0 spiro atoms. The topological polar surface area (TPSA) is 49.4 Å². The van der Waals surface area contributed by atoms with Crippen molar-refractivity contribution in [3.63, 3.8) is 0 Å². The van der Waals surface area contributed by atoms with Gasteiger partial charge in [-0.2, -0.15) is 0 Å². The molecule has 3 aromatic carbocycles. The lowest BCUT2D eigenvalue weighted by atomic mass is 9.87. The monoisotopic (exact) mass is 456 g/mol. The summed E-state index contributed by atoms with van der Waals surface area (Å²) in [5, 5.41) is 3.22. The fourth-order valence-corrected chi connectivity index (χ4v) is 4.15. The van der Waals surface area contributed by atoms with Crippen LogP contribution in [0.25, 0.3) is 5.57 Å². The third-order valence-electron chi connectivity index (χ3n) is 6.09. The van der Waals surface area contributed by atoms with Crippen molar-refractivity contribution < 1.29 is 14.0 Å². The molecule has 0 bridgehead atoms. The maximum absolute atomic E-state index is 13.5. The number of nitrogens with zero attached hydrogens (tertiary/aromatic N) is 1. The molecule has 4 nitrogen and oxygen atoms in total. The fourth-order valence-electron chi connectivity index (χ4n) is 4.15. The highest BCUT2D eigenvalue weighted by Crippen LogP contribution is 2.34. The van der Waals surface area contributed by atoms with Gasteiger partial charge in [0.05, 0.1) is 12.1 Å². The van der Waals surface area contributed by atoms with Crippen LogP contribution in [0.3, 0.4) is 0 Å². The number of carbonyl (C=O) groups is 2. The zero-order valence-corrected chi connectivity index (χ0v) is 20.2. The average molecular weight is 457 g/mol. The number of rotatable bonds is 5. The number of anilines is 1. The van der Waals surface area contributed by atoms with Crippen LogP contribution in [0.4, 0.5) is 10.1 Å². The van der Waals surface area contributed by atoms with Crippen molar-refractivity contribution in [3.05, 3.63) is 106 Å². The normalized spacial score (nSPS) is 14.2. The molecule has 3 aromatic rings. The third-order valence-corrected chi connectivity index (χ3v) is 6.09. The largest absolute Gasteiger partial charge is 0.350 e. The van der Waals surface area contributed by atoms with E-state index in [9.17, 15) is 14.0 Å². The maximum atomic E-state index is 13.5. The molecule has 1 aliphatic heterocycles. The van der Waals surface area contributed by atoms with Crippen LogP contribution in [0.5, 0.6) is 0 Å². The Kier molecular flexibility index (Phi) is 6.13. The summed E-state index contributed by atoms with van der Waals surface area (Å²) in [6, 6.07) is 19.5. The lowest BCUT2D eigenvalue weighted by Gasteiger charge is -2.19. The first-order valence-electron chi connectivity index (χ1n) is 11.3. The highest BCUT2D eigenvalue weighted by atomic mass is 19.1. The Balaban J connectivity index is 1.74. The number of hydrogen-bond donors (Lipinski definition) is 1. The molecule has 0 aromatic heterocycles. The third kappa shape index (κ3) is 4.65. The Labute approximate surface area is 200 Å². The van der Waals surface area contributed by atoms with Gasteiger partial charge in [0.2, 0.25) is 0 Å². The summed E-state index contributed by atoms with van der Waals surface area (Å²) in [5.74, 6) is -1.13. The predicted molar refractivity (Wildman–Crippen MR) is 134 cm³/mol. The van der Waals surface area contributed by atoms with E-state index in [0.717, 1.165) is 22.4 Å². The zero-order valence-electron chi connectivity index (χ0n) is 20.2. The van der Waals surface area contributed by atoms with E-state index >= 15 is 0 Å². The molecule has 1 aliphatic rings. The number of hydrogen-bond acceptors (Lipinski definition) is 3. The van der Waals surface area contributed by atoms with Gasteiger partial charge in [0, 0.05) is 5.69 Å². The summed E-state index contributed by atoms with van der Waals surface area (Å²) < 4.78 is 13.4. The van der Waals surface area contributed by atoms with Gasteiger partial charge in [0.15, 0.2) is 0 Å².